The van der Waals surface area contributed by atoms with Crippen molar-refractivity contribution in [2.75, 3.05) is 5.75 Å². The molecular formula is C8H15NO5S. The maximum Gasteiger partial charge on any atom is 0.421 e. The molecule has 0 heterocycles. The minimum atomic E-state index is -3.56. The van der Waals surface area contributed by atoms with Gasteiger partial charge in [0.25, 0.3) is 0 Å². The Labute approximate surface area is 88.7 Å². The first kappa shape index (κ1) is 12.3. The number of rotatable bonds is 4. The van der Waals surface area contributed by atoms with E-state index in [-0.39, 0.29) is 11.9 Å². The Kier molecular flexibility index (Phi) is 3.92. The Bertz CT molecular complexity index is 320. The second kappa shape index (κ2) is 4.80. The number of sulfonamides is 1. The van der Waals surface area contributed by atoms with Crippen LogP contribution in [-0.2, 0) is 14.8 Å². The van der Waals surface area contributed by atoms with Crippen LogP contribution in [0.25, 0.3) is 0 Å². The number of nitrogens with one attached hydrogen (secondary N) is 1. The van der Waals surface area contributed by atoms with Gasteiger partial charge in [-0.3, -0.25) is 0 Å². The third-order valence-electron chi connectivity index (χ3n) is 2.06. The third kappa shape index (κ3) is 4.05. The first-order chi connectivity index (χ1) is 6.93. The second-order valence-corrected chi connectivity index (χ2v) is 5.42. The van der Waals surface area contributed by atoms with E-state index >= 15 is 0 Å². The minimum Gasteiger partial charge on any atom is -0.445 e. The van der Waals surface area contributed by atoms with E-state index in [4.69, 9.17) is 9.84 Å². The van der Waals surface area contributed by atoms with Crippen molar-refractivity contribution in [1.82, 2.24) is 4.72 Å². The number of hydrogen-bond acceptors (Lipinski definition) is 5. The average Bonchev–Trinajstić information content (AvgIpc) is 1.99. The van der Waals surface area contributed by atoms with Crippen molar-refractivity contribution < 1.29 is 23.1 Å². The van der Waals surface area contributed by atoms with Crippen molar-refractivity contribution in [3.63, 3.8) is 0 Å². The van der Waals surface area contributed by atoms with Crippen LogP contribution in [0.5, 0.6) is 0 Å². The molecule has 15 heavy (non-hydrogen) atoms. The first-order valence-corrected chi connectivity index (χ1v) is 6.47. The van der Waals surface area contributed by atoms with E-state index in [1.165, 1.54) is 0 Å². The molecule has 1 rings (SSSR count). The number of aliphatic hydroxyl groups is 1. The molecule has 1 fully saturated rings. The van der Waals surface area contributed by atoms with Gasteiger partial charge in [-0.05, 0) is 6.42 Å². The van der Waals surface area contributed by atoms with E-state index in [1.54, 1.807) is 11.6 Å². The van der Waals surface area contributed by atoms with Gasteiger partial charge in [0.15, 0.2) is 0 Å². The number of carbonyl (C=O) groups excluding carboxylic acids is 1. The summed E-state index contributed by atoms with van der Waals surface area (Å²) in [7, 11) is -3.56. The lowest BCUT2D eigenvalue weighted by atomic mass is 9.92. The van der Waals surface area contributed by atoms with Crippen molar-refractivity contribution >= 4 is 16.1 Å². The van der Waals surface area contributed by atoms with Crippen LogP contribution < -0.4 is 4.72 Å². The van der Waals surface area contributed by atoms with Crippen LogP contribution in [0.15, 0.2) is 0 Å². The smallest absolute Gasteiger partial charge is 0.421 e. The Hall–Kier alpha value is -0.820. The number of aliphatic hydroxyl groups excluding tert-OH is 1. The summed E-state index contributed by atoms with van der Waals surface area (Å²) in [5, 5.41) is 8.92. The Balaban J connectivity index is 2.30. The third-order valence-corrected chi connectivity index (χ3v) is 3.48. The molecule has 0 unspecified atom stereocenters. The van der Waals surface area contributed by atoms with Crippen molar-refractivity contribution in [2.45, 2.75) is 38.4 Å². The highest BCUT2D eigenvalue weighted by Crippen LogP contribution is 2.22. The fourth-order valence-electron chi connectivity index (χ4n) is 1.26. The molecule has 1 aliphatic carbocycles. The molecule has 2 N–H and O–H groups in total. The van der Waals surface area contributed by atoms with Crippen LogP contribution >= 0.6 is 0 Å². The Morgan fingerprint density at radius 2 is 2.13 bits per heavy atom. The van der Waals surface area contributed by atoms with E-state index in [9.17, 15) is 13.2 Å². The quantitative estimate of drug-likeness (QED) is 0.716. The molecule has 0 aromatic carbocycles. The molecule has 1 aliphatic rings. The van der Waals surface area contributed by atoms with Gasteiger partial charge >= 0.3 is 6.09 Å². The van der Waals surface area contributed by atoms with Crippen molar-refractivity contribution in [3.8, 4) is 0 Å². The summed E-state index contributed by atoms with van der Waals surface area (Å²) >= 11 is 0. The summed E-state index contributed by atoms with van der Waals surface area (Å²) in [4.78, 5) is 11.0. The summed E-state index contributed by atoms with van der Waals surface area (Å²) in [6.45, 7) is 1.70. The van der Waals surface area contributed by atoms with Crippen LogP contribution in [0.3, 0.4) is 0 Å². The summed E-state index contributed by atoms with van der Waals surface area (Å²) < 4.78 is 28.8. The normalized spacial score (nSPS) is 25.5. The molecule has 0 spiro atoms. The maximum absolute atomic E-state index is 11.1. The molecule has 6 nitrogen and oxygen atoms in total. The second-order valence-electron chi connectivity index (χ2n) is 3.57. The van der Waals surface area contributed by atoms with Gasteiger partial charge in [-0.1, -0.05) is 6.92 Å². The lowest BCUT2D eigenvalue weighted by molar-refractivity contribution is -0.0332. The topological polar surface area (TPSA) is 92.7 Å². The van der Waals surface area contributed by atoms with E-state index < -0.39 is 22.2 Å². The SMILES string of the molecule is CCCS(=O)(=O)NC(=O)OC1CC(O)C1. The van der Waals surface area contributed by atoms with Crippen LogP contribution in [0.4, 0.5) is 4.79 Å². The molecule has 88 valence electrons. The number of carbonyl (C=O) groups is 1. The number of ether oxygens (including phenoxy) is 1. The molecule has 1 saturated carbocycles. The standard InChI is InChI=1S/C8H15NO5S/c1-2-3-15(12,13)9-8(11)14-7-4-6(10)5-7/h6-7,10H,2-5H2,1H3,(H,9,11). The zero-order chi connectivity index (χ0) is 11.5. The molecular weight excluding hydrogens is 222 g/mol. The van der Waals surface area contributed by atoms with E-state index in [2.05, 4.69) is 0 Å². The van der Waals surface area contributed by atoms with Gasteiger partial charge in [-0.2, -0.15) is 0 Å². The van der Waals surface area contributed by atoms with E-state index in [0.29, 0.717) is 19.3 Å². The zero-order valence-corrected chi connectivity index (χ0v) is 9.29. The predicted molar refractivity (Wildman–Crippen MR) is 52.7 cm³/mol. The predicted octanol–water partition coefficient (Wildman–Crippen LogP) is -0.0243. The van der Waals surface area contributed by atoms with Crippen molar-refractivity contribution in [3.05, 3.63) is 0 Å². The van der Waals surface area contributed by atoms with Crippen LogP contribution in [0, 0.1) is 0 Å². The van der Waals surface area contributed by atoms with Crippen LogP contribution in [0.1, 0.15) is 26.2 Å². The van der Waals surface area contributed by atoms with Crippen LogP contribution in [-0.4, -0.2) is 37.6 Å². The molecule has 1 amide bonds. The maximum atomic E-state index is 11.1. The van der Waals surface area contributed by atoms with Crippen molar-refractivity contribution in [2.24, 2.45) is 0 Å². The van der Waals surface area contributed by atoms with Gasteiger partial charge in [0, 0.05) is 12.8 Å². The van der Waals surface area contributed by atoms with E-state index in [1.807, 2.05) is 0 Å². The van der Waals surface area contributed by atoms with Crippen LogP contribution in [0.2, 0.25) is 0 Å². The van der Waals surface area contributed by atoms with Gasteiger partial charge in [-0.25, -0.2) is 17.9 Å². The van der Waals surface area contributed by atoms with Gasteiger partial charge in [0.1, 0.15) is 6.10 Å². The number of amides is 1. The fourth-order valence-corrected chi connectivity index (χ4v) is 2.20. The molecule has 0 aliphatic heterocycles. The summed E-state index contributed by atoms with van der Waals surface area (Å²) in [5.74, 6) is -0.102. The largest absolute Gasteiger partial charge is 0.445 e. The fraction of sp³-hybridized carbons (Fsp3) is 0.875. The Morgan fingerprint density at radius 3 is 2.60 bits per heavy atom. The number of hydrogen-bond donors (Lipinski definition) is 2. The molecule has 0 aromatic rings. The van der Waals surface area contributed by atoms with Gasteiger partial charge < -0.3 is 9.84 Å². The lowest BCUT2D eigenvalue weighted by Gasteiger charge is -2.30. The highest BCUT2D eigenvalue weighted by Gasteiger charge is 2.31. The molecule has 0 radical (unpaired) electrons. The summed E-state index contributed by atoms with van der Waals surface area (Å²) in [6, 6.07) is 0. The Morgan fingerprint density at radius 1 is 1.53 bits per heavy atom. The monoisotopic (exact) mass is 237 g/mol. The summed E-state index contributed by atoms with van der Waals surface area (Å²) in [6.07, 6.45) is -0.569. The molecule has 0 saturated heterocycles. The van der Waals surface area contributed by atoms with Gasteiger partial charge in [0.2, 0.25) is 10.0 Å². The molecule has 0 bridgehead atoms. The van der Waals surface area contributed by atoms with Crippen molar-refractivity contribution in [1.29, 1.82) is 0 Å². The average molecular weight is 237 g/mol. The molecule has 0 atom stereocenters. The first-order valence-electron chi connectivity index (χ1n) is 4.82. The summed E-state index contributed by atoms with van der Waals surface area (Å²) in [5.41, 5.74) is 0. The zero-order valence-electron chi connectivity index (χ0n) is 8.47. The van der Waals surface area contributed by atoms with Gasteiger partial charge in [-0.15, -0.1) is 0 Å². The molecule has 0 aromatic heterocycles. The van der Waals surface area contributed by atoms with E-state index in [0.717, 1.165) is 0 Å². The highest BCUT2D eigenvalue weighted by molar-refractivity contribution is 7.90. The van der Waals surface area contributed by atoms with Gasteiger partial charge in [0.05, 0.1) is 11.9 Å². The molecule has 7 heteroatoms. The highest BCUT2D eigenvalue weighted by atomic mass is 32.2. The minimum absolute atomic E-state index is 0.102. The lowest BCUT2D eigenvalue weighted by Crippen LogP contribution is -2.41.